The molecule has 1 aliphatic heterocycles. The highest BCUT2D eigenvalue weighted by atomic mass is 16.5. The fraction of sp³-hybridized carbons (Fsp3) is 0.190. The Balaban J connectivity index is 1.97. The van der Waals surface area contributed by atoms with Gasteiger partial charge >= 0.3 is 5.97 Å². The number of ether oxygens (including phenoxy) is 2. The van der Waals surface area contributed by atoms with E-state index in [4.69, 9.17) is 13.9 Å². The van der Waals surface area contributed by atoms with Crippen LogP contribution in [0.15, 0.2) is 45.8 Å². The zero-order valence-corrected chi connectivity index (χ0v) is 15.1. The van der Waals surface area contributed by atoms with Crippen LogP contribution in [0, 0.1) is 0 Å². The lowest BCUT2D eigenvalue weighted by atomic mass is 9.84. The standard InChI is InChI=1S/C21H16O7/c1-10(22)12-4-6-17-19(21(12)25)13(8-18(23)28-17)15-9-27-16-5-3-11(26-2)7-14(16)20(15)24/h3-7,9,13,25H,8H2,1-2H3/t13-/m1/s1. The number of phenols is 1. The van der Waals surface area contributed by atoms with E-state index in [1.165, 1.54) is 32.4 Å². The van der Waals surface area contributed by atoms with Crippen LogP contribution in [0.5, 0.6) is 17.2 Å². The molecule has 1 aliphatic rings. The number of fused-ring (bicyclic) bond motifs is 2. The quantitative estimate of drug-likeness (QED) is 0.423. The summed E-state index contributed by atoms with van der Waals surface area (Å²) in [7, 11) is 1.49. The number of esters is 1. The van der Waals surface area contributed by atoms with Gasteiger partial charge in [0, 0.05) is 17.0 Å². The minimum absolute atomic E-state index is 0.0912. The van der Waals surface area contributed by atoms with Crippen LogP contribution in [0.1, 0.15) is 40.7 Å². The van der Waals surface area contributed by atoms with Gasteiger partial charge in [-0.2, -0.15) is 0 Å². The fourth-order valence-electron chi connectivity index (χ4n) is 3.49. The van der Waals surface area contributed by atoms with Gasteiger partial charge < -0.3 is 19.0 Å². The summed E-state index contributed by atoms with van der Waals surface area (Å²) in [5.74, 6) is -1.38. The molecule has 0 saturated carbocycles. The molecule has 1 aromatic heterocycles. The van der Waals surface area contributed by atoms with E-state index in [0.717, 1.165) is 0 Å². The third-order valence-electron chi connectivity index (χ3n) is 4.88. The van der Waals surface area contributed by atoms with Gasteiger partial charge in [0.1, 0.15) is 22.8 Å². The zero-order chi connectivity index (χ0) is 20.0. The second-order valence-electron chi connectivity index (χ2n) is 6.54. The van der Waals surface area contributed by atoms with Crippen molar-refractivity contribution in [1.29, 1.82) is 0 Å². The molecule has 1 atom stereocenters. The van der Waals surface area contributed by atoms with Crippen LogP contribution in [0.3, 0.4) is 0 Å². The van der Waals surface area contributed by atoms with Crippen molar-refractivity contribution < 1.29 is 28.6 Å². The molecule has 7 nitrogen and oxygen atoms in total. The van der Waals surface area contributed by atoms with E-state index in [9.17, 15) is 19.5 Å². The average molecular weight is 380 g/mol. The van der Waals surface area contributed by atoms with E-state index in [2.05, 4.69) is 0 Å². The number of carbonyl (C=O) groups excluding carboxylic acids is 2. The van der Waals surface area contributed by atoms with Crippen LogP contribution in [-0.4, -0.2) is 24.0 Å². The van der Waals surface area contributed by atoms with Crippen molar-refractivity contribution in [2.45, 2.75) is 19.3 Å². The molecule has 0 bridgehead atoms. The van der Waals surface area contributed by atoms with Crippen molar-refractivity contribution in [2.24, 2.45) is 0 Å². The van der Waals surface area contributed by atoms with Crippen molar-refractivity contribution >= 4 is 22.7 Å². The summed E-state index contributed by atoms with van der Waals surface area (Å²) in [5, 5.41) is 10.9. The third-order valence-corrected chi connectivity index (χ3v) is 4.88. The Morgan fingerprint density at radius 2 is 2.00 bits per heavy atom. The molecular formula is C21H16O7. The number of carbonyl (C=O) groups is 2. The summed E-state index contributed by atoms with van der Waals surface area (Å²) in [6.07, 6.45) is 1.12. The number of ketones is 1. The topological polar surface area (TPSA) is 103 Å². The zero-order valence-electron chi connectivity index (χ0n) is 15.1. The molecule has 1 N–H and O–H groups in total. The molecule has 142 valence electrons. The van der Waals surface area contributed by atoms with Gasteiger partial charge in [-0.3, -0.25) is 14.4 Å². The second kappa shape index (κ2) is 6.53. The highest BCUT2D eigenvalue weighted by molar-refractivity contribution is 5.98. The molecule has 0 amide bonds. The molecular weight excluding hydrogens is 364 g/mol. The van der Waals surface area contributed by atoms with Crippen molar-refractivity contribution in [2.75, 3.05) is 7.11 Å². The Kier molecular flexibility index (Phi) is 4.15. The Morgan fingerprint density at radius 1 is 1.21 bits per heavy atom. The smallest absolute Gasteiger partial charge is 0.312 e. The van der Waals surface area contributed by atoms with E-state index >= 15 is 0 Å². The second-order valence-corrected chi connectivity index (χ2v) is 6.54. The van der Waals surface area contributed by atoms with Crippen molar-refractivity contribution in [3.05, 3.63) is 63.5 Å². The first-order valence-corrected chi connectivity index (χ1v) is 8.57. The summed E-state index contributed by atoms with van der Waals surface area (Å²) in [6.45, 7) is 1.32. The summed E-state index contributed by atoms with van der Waals surface area (Å²) >= 11 is 0. The number of phenolic OH excluding ortho intramolecular Hbond substituents is 1. The average Bonchev–Trinajstić information content (AvgIpc) is 2.67. The lowest BCUT2D eigenvalue weighted by Crippen LogP contribution is -2.25. The Morgan fingerprint density at radius 3 is 2.71 bits per heavy atom. The van der Waals surface area contributed by atoms with Gasteiger partial charge in [-0.25, -0.2) is 0 Å². The summed E-state index contributed by atoms with van der Waals surface area (Å²) < 4.78 is 16.0. The van der Waals surface area contributed by atoms with Gasteiger partial charge in [-0.1, -0.05) is 0 Å². The number of Topliss-reactive ketones (excluding diaryl/α,β-unsaturated/α-hetero) is 1. The maximum atomic E-state index is 13.1. The van der Waals surface area contributed by atoms with E-state index in [1.807, 2.05) is 0 Å². The number of hydrogen-bond donors (Lipinski definition) is 1. The van der Waals surface area contributed by atoms with Crippen LogP contribution in [0.4, 0.5) is 0 Å². The number of aromatic hydroxyl groups is 1. The van der Waals surface area contributed by atoms with E-state index in [1.54, 1.807) is 18.2 Å². The molecule has 0 saturated heterocycles. The Hall–Kier alpha value is -3.61. The molecule has 2 heterocycles. The fourth-order valence-corrected chi connectivity index (χ4v) is 3.49. The van der Waals surface area contributed by atoms with Crippen molar-refractivity contribution in [3.8, 4) is 17.2 Å². The van der Waals surface area contributed by atoms with E-state index < -0.39 is 11.9 Å². The summed E-state index contributed by atoms with van der Waals surface area (Å²) in [6, 6.07) is 7.68. The lowest BCUT2D eigenvalue weighted by molar-refractivity contribution is -0.135. The SMILES string of the molecule is COc1ccc2occ([C@H]3CC(=O)Oc4ccc(C(C)=O)c(O)c43)c(=O)c2c1. The van der Waals surface area contributed by atoms with Gasteiger partial charge in [0.25, 0.3) is 0 Å². The predicted molar refractivity (Wildman–Crippen MR) is 99.2 cm³/mol. The molecule has 4 rings (SSSR count). The number of hydrogen-bond acceptors (Lipinski definition) is 7. The van der Waals surface area contributed by atoms with Crippen molar-refractivity contribution in [3.63, 3.8) is 0 Å². The van der Waals surface area contributed by atoms with E-state index in [-0.39, 0.29) is 45.8 Å². The monoisotopic (exact) mass is 380 g/mol. The van der Waals surface area contributed by atoms with Gasteiger partial charge in [-0.05, 0) is 37.3 Å². The maximum absolute atomic E-state index is 13.1. The van der Waals surface area contributed by atoms with E-state index in [0.29, 0.717) is 16.7 Å². The van der Waals surface area contributed by atoms with Crippen LogP contribution in [0.25, 0.3) is 11.0 Å². The number of methoxy groups -OCH3 is 1. The molecule has 0 aliphatic carbocycles. The predicted octanol–water partition coefficient (Wildman–Crippen LogP) is 3.15. The lowest BCUT2D eigenvalue weighted by Gasteiger charge is -2.25. The maximum Gasteiger partial charge on any atom is 0.312 e. The molecule has 7 heteroatoms. The molecule has 0 radical (unpaired) electrons. The highest BCUT2D eigenvalue weighted by Gasteiger charge is 2.34. The van der Waals surface area contributed by atoms with Gasteiger partial charge in [-0.15, -0.1) is 0 Å². The van der Waals surface area contributed by atoms with Crippen LogP contribution < -0.4 is 14.9 Å². The van der Waals surface area contributed by atoms with Crippen LogP contribution in [-0.2, 0) is 4.79 Å². The number of benzene rings is 2. The number of rotatable bonds is 3. The highest BCUT2D eigenvalue weighted by Crippen LogP contribution is 2.44. The molecule has 2 aromatic carbocycles. The largest absolute Gasteiger partial charge is 0.507 e. The minimum Gasteiger partial charge on any atom is -0.507 e. The first kappa shape index (κ1) is 17.8. The van der Waals surface area contributed by atoms with Crippen molar-refractivity contribution in [1.82, 2.24) is 0 Å². The molecule has 28 heavy (non-hydrogen) atoms. The van der Waals surface area contributed by atoms with Gasteiger partial charge in [0.2, 0.25) is 0 Å². The van der Waals surface area contributed by atoms with Crippen LogP contribution in [0.2, 0.25) is 0 Å². The normalized spacial score (nSPS) is 15.8. The van der Waals surface area contributed by atoms with Gasteiger partial charge in [0.15, 0.2) is 11.2 Å². The molecule has 3 aromatic rings. The first-order chi connectivity index (χ1) is 13.4. The Bertz CT molecular complexity index is 1190. The molecule has 0 unspecified atom stereocenters. The van der Waals surface area contributed by atoms with Gasteiger partial charge in [0.05, 0.1) is 30.7 Å². The minimum atomic E-state index is -0.803. The summed E-state index contributed by atoms with van der Waals surface area (Å²) in [5.41, 5.74) is 0.526. The summed E-state index contributed by atoms with van der Waals surface area (Å²) in [4.78, 5) is 37.0. The molecule has 0 fully saturated rings. The Labute approximate surface area is 159 Å². The molecule has 0 spiro atoms. The van der Waals surface area contributed by atoms with Crippen LogP contribution >= 0.6 is 0 Å². The first-order valence-electron chi connectivity index (χ1n) is 8.57. The third kappa shape index (κ3) is 2.72.